The molecule has 0 aromatic heterocycles. The van der Waals surface area contributed by atoms with Gasteiger partial charge < -0.3 is 20.1 Å². The normalized spacial score (nSPS) is 32.2. The molecule has 1 rings (SSSR count). The lowest BCUT2D eigenvalue weighted by Gasteiger charge is -2.21. The number of hydrogen-bond acceptors (Lipinski definition) is 6. The molecule has 8 heteroatoms. The largest absolute Gasteiger partial charge is 0.463 e. The molecule has 124 valence electrons. The fraction of sp³-hybridized carbons (Fsp3) is 0.714. The van der Waals surface area contributed by atoms with Crippen molar-refractivity contribution < 1.29 is 28.7 Å². The van der Waals surface area contributed by atoms with Gasteiger partial charge in [-0.2, -0.15) is 0 Å². The highest BCUT2D eigenvalue weighted by atomic mass is 16.5. The van der Waals surface area contributed by atoms with E-state index >= 15 is 0 Å². The zero-order chi connectivity index (χ0) is 16.9. The molecule has 0 aromatic carbocycles. The predicted octanol–water partition coefficient (Wildman–Crippen LogP) is -0.632. The maximum atomic E-state index is 11.9. The molecule has 0 bridgehead atoms. The molecule has 1 aliphatic rings. The summed E-state index contributed by atoms with van der Waals surface area (Å²) in [6.07, 6.45) is 0. The Labute approximate surface area is 128 Å². The van der Waals surface area contributed by atoms with Gasteiger partial charge in [-0.25, -0.2) is 9.59 Å². The number of carbonyl (C=O) groups is 4. The lowest BCUT2D eigenvalue weighted by Crippen LogP contribution is -2.47. The van der Waals surface area contributed by atoms with Crippen LogP contribution in [0.1, 0.15) is 27.7 Å². The molecule has 0 radical (unpaired) electrons. The van der Waals surface area contributed by atoms with Crippen molar-refractivity contribution in [2.24, 2.45) is 11.8 Å². The number of carbonyl (C=O) groups excluding carboxylic acids is 4. The smallest absolute Gasteiger partial charge is 0.328 e. The highest BCUT2D eigenvalue weighted by molar-refractivity contribution is 5.87. The van der Waals surface area contributed by atoms with Crippen LogP contribution in [0.25, 0.3) is 0 Å². The molecule has 1 fully saturated rings. The van der Waals surface area contributed by atoms with E-state index in [-0.39, 0.29) is 13.2 Å². The maximum Gasteiger partial charge on any atom is 0.328 e. The summed E-state index contributed by atoms with van der Waals surface area (Å²) >= 11 is 0. The molecule has 8 nitrogen and oxygen atoms in total. The first-order valence-corrected chi connectivity index (χ1v) is 7.16. The van der Waals surface area contributed by atoms with Crippen LogP contribution in [0.5, 0.6) is 0 Å². The maximum absolute atomic E-state index is 11.9. The van der Waals surface area contributed by atoms with Crippen LogP contribution in [0.3, 0.4) is 0 Å². The average molecular weight is 314 g/mol. The van der Waals surface area contributed by atoms with Gasteiger partial charge in [0.05, 0.1) is 11.8 Å². The highest BCUT2D eigenvalue weighted by Crippen LogP contribution is 2.04. The van der Waals surface area contributed by atoms with E-state index in [9.17, 15) is 19.2 Å². The van der Waals surface area contributed by atoms with Crippen LogP contribution >= 0.6 is 0 Å². The van der Waals surface area contributed by atoms with Crippen molar-refractivity contribution in [3.05, 3.63) is 0 Å². The zero-order valence-electron chi connectivity index (χ0n) is 13.2. The minimum Gasteiger partial charge on any atom is -0.463 e. The number of esters is 2. The Bertz CT molecular complexity index is 422. The summed E-state index contributed by atoms with van der Waals surface area (Å²) in [5, 5.41) is 4.96. The second-order valence-electron chi connectivity index (χ2n) is 5.52. The van der Waals surface area contributed by atoms with Gasteiger partial charge in [0.25, 0.3) is 0 Å². The molecule has 4 atom stereocenters. The van der Waals surface area contributed by atoms with E-state index < -0.39 is 47.7 Å². The number of amides is 2. The third-order valence-corrected chi connectivity index (χ3v) is 3.27. The first-order chi connectivity index (χ1) is 10.2. The standard InChI is InChI=1S/C14H22N2O6/c1-7-5-21-13(19)10(4)16-12(18)8(2)6-22-14(20)9(3)15-11(7)17/h7-10H,5-6H2,1-4H3,(H,15,17)(H,16,18)/t7-,8-,9-,10-/m0/s1. The second kappa shape index (κ2) is 7.77. The van der Waals surface area contributed by atoms with Crippen molar-refractivity contribution in [2.45, 2.75) is 39.8 Å². The Morgan fingerprint density at radius 3 is 1.36 bits per heavy atom. The minimum absolute atomic E-state index is 0.137. The SMILES string of the molecule is C[C@@H]1NC(=O)[C@@H](C)COC(=O)[C@H](C)NC(=O)[C@@H](C)COC1=O. The molecule has 0 saturated carbocycles. The Morgan fingerprint density at radius 1 is 0.727 bits per heavy atom. The summed E-state index contributed by atoms with van der Waals surface area (Å²) in [6, 6.07) is -1.69. The number of cyclic esters (lactones) is 2. The van der Waals surface area contributed by atoms with Crippen molar-refractivity contribution in [2.75, 3.05) is 13.2 Å². The molecular formula is C14H22N2O6. The molecular weight excluding hydrogens is 292 g/mol. The second-order valence-corrected chi connectivity index (χ2v) is 5.52. The summed E-state index contributed by atoms with van der Waals surface area (Å²) < 4.78 is 9.99. The van der Waals surface area contributed by atoms with E-state index in [4.69, 9.17) is 9.47 Å². The molecule has 0 spiro atoms. The van der Waals surface area contributed by atoms with Crippen molar-refractivity contribution in [1.82, 2.24) is 10.6 Å². The fourth-order valence-corrected chi connectivity index (χ4v) is 1.64. The number of nitrogens with one attached hydrogen (secondary N) is 2. The average Bonchev–Trinajstić information content (AvgIpc) is 2.47. The molecule has 1 aliphatic heterocycles. The third kappa shape index (κ3) is 5.01. The van der Waals surface area contributed by atoms with Gasteiger partial charge >= 0.3 is 11.9 Å². The van der Waals surface area contributed by atoms with Gasteiger partial charge in [0, 0.05) is 0 Å². The molecule has 1 saturated heterocycles. The van der Waals surface area contributed by atoms with Crippen LogP contribution in [0.15, 0.2) is 0 Å². The van der Waals surface area contributed by atoms with Crippen LogP contribution in [-0.4, -0.2) is 49.1 Å². The molecule has 0 aromatic rings. The molecule has 2 amide bonds. The number of hydrogen-bond donors (Lipinski definition) is 2. The number of ether oxygens (including phenoxy) is 2. The Hall–Kier alpha value is -2.12. The fourth-order valence-electron chi connectivity index (χ4n) is 1.64. The van der Waals surface area contributed by atoms with E-state index in [2.05, 4.69) is 10.6 Å². The lowest BCUT2D eigenvalue weighted by molar-refractivity contribution is -0.154. The molecule has 1 heterocycles. The molecule has 22 heavy (non-hydrogen) atoms. The van der Waals surface area contributed by atoms with Gasteiger partial charge in [-0.05, 0) is 13.8 Å². The van der Waals surface area contributed by atoms with Gasteiger partial charge in [0.15, 0.2) is 0 Å². The van der Waals surface area contributed by atoms with Crippen LogP contribution in [0.2, 0.25) is 0 Å². The quantitative estimate of drug-likeness (QED) is 0.576. The van der Waals surface area contributed by atoms with Gasteiger partial charge in [-0.1, -0.05) is 13.8 Å². The van der Waals surface area contributed by atoms with Crippen molar-refractivity contribution >= 4 is 23.8 Å². The first kappa shape index (κ1) is 17.9. The van der Waals surface area contributed by atoms with Gasteiger partial charge in [-0.15, -0.1) is 0 Å². The van der Waals surface area contributed by atoms with E-state index in [1.165, 1.54) is 13.8 Å². The van der Waals surface area contributed by atoms with Crippen molar-refractivity contribution in [3.63, 3.8) is 0 Å². The Morgan fingerprint density at radius 2 is 1.05 bits per heavy atom. The predicted molar refractivity (Wildman–Crippen MR) is 75.5 cm³/mol. The van der Waals surface area contributed by atoms with E-state index in [1.54, 1.807) is 13.8 Å². The highest BCUT2D eigenvalue weighted by Gasteiger charge is 2.26. The summed E-state index contributed by atoms with van der Waals surface area (Å²) in [6.45, 7) is 5.83. The van der Waals surface area contributed by atoms with E-state index in [0.717, 1.165) is 0 Å². The van der Waals surface area contributed by atoms with Gasteiger partial charge in [0.2, 0.25) is 11.8 Å². The monoisotopic (exact) mass is 314 g/mol. The van der Waals surface area contributed by atoms with Gasteiger partial charge in [-0.3, -0.25) is 9.59 Å². The van der Waals surface area contributed by atoms with Crippen LogP contribution in [-0.2, 0) is 28.7 Å². The van der Waals surface area contributed by atoms with Crippen LogP contribution < -0.4 is 10.6 Å². The van der Waals surface area contributed by atoms with Crippen molar-refractivity contribution in [1.29, 1.82) is 0 Å². The lowest BCUT2D eigenvalue weighted by atomic mass is 10.1. The Kier molecular flexibility index (Phi) is 6.33. The minimum atomic E-state index is -0.845. The molecule has 0 aliphatic carbocycles. The van der Waals surface area contributed by atoms with Crippen LogP contribution in [0.4, 0.5) is 0 Å². The van der Waals surface area contributed by atoms with Crippen molar-refractivity contribution in [3.8, 4) is 0 Å². The van der Waals surface area contributed by atoms with E-state index in [0.29, 0.717) is 0 Å². The molecule has 2 N–H and O–H groups in total. The zero-order valence-corrected chi connectivity index (χ0v) is 13.2. The Balaban J connectivity index is 2.83. The van der Waals surface area contributed by atoms with Gasteiger partial charge in [0.1, 0.15) is 25.3 Å². The van der Waals surface area contributed by atoms with Crippen LogP contribution in [0, 0.1) is 11.8 Å². The summed E-state index contributed by atoms with van der Waals surface area (Å²) in [5.41, 5.74) is 0. The summed E-state index contributed by atoms with van der Waals surface area (Å²) in [5.74, 6) is -3.32. The topological polar surface area (TPSA) is 111 Å². The number of rotatable bonds is 0. The van der Waals surface area contributed by atoms with E-state index in [1.807, 2.05) is 0 Å². The summed E-state index contributed by atoms with van der Waals surface area (Å²) in [7, 11) is 0. The summed E-state index contributed by atoms with van der Waals surface area (Å²) in [4.78, 5) is 47.2. The third-order valence-electron chi connectivity index (χ3n) is 3.27. The first-order valence-electron chi connectivity index (χ1n) is 7.16. The molecule has 0 unspecified atom stereocenters.